The van der Waals surface area contributed by atoms with Gasteiger partial charge in [0.15, 0.2) is 0 Å². The molecular formula is C10H16N4O3. The summed E-state index contributed by atoms with van der Waals surface area (Å²) in [6.45, 7) is 1.76. The van der Waals surface area contributed by atoms with Crippen molar-refractivity contribution < 1.29 is 14.7 Å². The third-order valence-electron chi connectivity index (χ3n) is 2.37. The summed E-state index contributed by atoms with van der Waals surface area (Å²) >= 11 is 0. The Labute approximate surface area is 98.4 Å². The number of nitrogens with two attached hydrogens (primary N) is 1. The van der Waals surface area contributed by atoms with Crippen LogP contribution in [0.3, 0.4) is 0 Å². The van der Waals surface area contributed by atoms with Crippen LogP contribution in [0.5, 0.6) is 0 Å². The van der Waals surface area contributed by atoms with E-state index in [2.05, 4.69) is 15.3 Å². The van der Waals surface area contributed by atoms with Gasteiger partial charge in [0.05, 0.1) is 12.4 Å². The second-order valence-corrected chi connectivity index (χ2v) is 3.70. The molecule has 1 unspecified atom stereocenters. The lowest BCUT2D eigenvalue weighted by atomic mass is 10.1. The Hall–Kier alpha value is -1.89. The summed E-state index contributed by atoms with van der Waals surface area (Å²) in [6, 6.07) is -1.68. The van der Waals surface area contributed by atoms with Gasteiger partial charge < -0.3 is 21.1 Å². The van der Waals surface area contributed by atoms with Crippen molar-refractivity contribution in [2.45, 2.75) is 31.8 Å². The zero-order valence-corrected chi connectivity index (χ0v) is 9.51. The summed E-state index contributed by atoms with van der Waals surface area (Å²) in [5, 5.41) is 11.4. The van der Waals surface area contributed by atoms with Gasteiger partial charge in [-0.25, -0.2) is 9.78 Å². The van der Waals surface area contributed by atoms with Crippen LogP contribution < -0.4 is 11.1 Å². The van der Waals surface area contributed by atoms with Gasteiger partial charge in [0.25, 0.3) is 0 Å². The van der Waals surface area contributed by atoms with Gasteiger partial charge in [-0.3, -0.25) is 4.79 Å². The van der Waals surface area contributed by atoms with Crippen molar-refractivity contribution in [3.8, 4) is 0 Å². The fraction of sp³-hybridized carbons (Fsp3) is 0.500. The zero-order valence-electron chi connectivity index (χ0n) is 9.51. The van der Waals surface area contributed by atoms with Crippen molar-refractivity contribution in [3.63, 3.8) is 0 Å². The first-order chi connectivity index (χ1) is 8.04. The fourth-order valence-electron chi connectivity index (χ4n) is 1.28. The molecule has 0 aliphatic rings. The number of hydrogen-bond acceptors (Lipinski definition) is 4. The van der Waals surface area contributed by atoms with Crippen molar-refractivity contribution in [1.82, 2.24) is 15.3 Å². The smallest absolute Gasteiger partial charge is 0.326 e. The van der Waals surface area contributed by atoms with Gasteiger partial charge in [0, 0.05) is 18.3 Å². The molecule has 0 bridgehead atoms. The first kappa shape index (κ1) is 13.2. The Morgan fingerprint density at radius 1 is 1.65 bits per heavy atom. The largest absolute Gasteiger partial charge is 0.480 e. The number of aromatic nitrogens is 2. The standard InChI is InChI=1S/C10H16N4O3/c1-2-7(11)9(15)14-8(10(16)17)3-6-4-12-5-13-6/h4-5,7-8H,2-3,11H2,1H3,(H,12,13)(H,14,15)(H,16,17)/t7?,8-/m1/s1. The van der Waals surface area contributed by atoms with Crippen molar-refractivity contribution in [3.05, 3.63) is 18.2 Å². The van der Waals surface area contributed by atoms with Gasteiger partial charge in [0.2, 0.25) is 5.91 Å². The number of hydrogen-bond donors (Lipinski definition) is 4. The van der Waals surface area contributed by atoms with Crippen molar-refractivity contribution in [2.24, 2.45) is 5.73 Å². The molecule has 0 saturated carbocycles. The maximum atomic E-state index is 11.5. The third-order valence-corrected chi connectivity index (χ3v) is 2.37. The third kappa shape index (κ3) is 3.87. The number of rotatable bonds is 6. The second-order valence-electron chi connectivity index (χ2n) is 3.70. The van der Waals surface area contributed by atoms with Crippen LogP contribution in [0.25, 0.3) is 0 Å². The minimum Gasteiger partial charge on any atom is -0.480 e. The Balaban J connectivity index is 2.61. The van der Waals surface area contributed by atoms with Gasteiger partial charge in [-0.15, -0.1) is 0 Å². The molecule has 7 heteroatoms. The molecule has 0 spiro atoms. The van der Waals surface area contributed by atoms with E-state index in [0.29, 0.717) is 12.1 Å². The van der Waals surface area contributed by atoms with E-state index in [-0.39, 0.29) is 6.42 Å². The number of amides is 1. The number of aliphatic carboxylic acids is 1. The van der Waals surface area contributed by atoms with Gasteiger partial charge in [-0.2, -0.15) is 0 Å². The van der Waals surface area contributed by atoms with Crippen LogP contribution in [0.1, 0.15) is 19.0 Å². The molecule has 1 aromatic heterocycles. The average molecular weight is 240 g/mol. The minimum atomic E-state index is -1.10. The minimum absolute atomic E-state index is 0.150. The summed E-state index contributed by atoms with van der Waals surface area (Å²) in [6.07, 6.45) is 3.58. The number of nitrogens with zero attached hydrogens (tertiary/aromatic N) is 1. The van der Waals surface area contributed by atoms with Gasteiger partial charge in [-0.1, -0.05) is 6.92 Å². The molecule has 1 heterocycles. The van der Waals surface area contributed by atoms with Crippen LogP contribution in [-0.4, -0.2) is 39.0 Å². The number of carboxylic acids is 1. The number of carbonyl (C=O) groups is 2. The highest BCUT2D eigenvalue weighted by Crippen LogP contribution is 1.99. The molecule has 94 valence electrons. The summed E-state index contributed by atoms with van der Waals surface area (Å²) in [5.74, 6) is -1.56. The number of carbonyl (C=O) groups excluding carboxylic acids is 1. The van der Waals surface area contributed by atoms with E-state index >= 15 is 0 Å². The maximum Gasteiger partial charge on any atom is 0.326 e. The molecule has 0 aliphatic heterocycles. The molecule has 7 nitrogen and oxygen atoms in total. The summed E-state index contributed by atoms with van der Waals surface area (Å²) in [4.78, 5) is 29.0. The molecule has 0 aromatic carbocycles. The SMILES string of the molecule is CCC(N)C(=O)N[C@H](Cc1cnc[nH]1)C(=O)O. The molecule has 1 aromatic rings. The Morgan fingerprint density at radius 2 is 2.35 bits per heavy atom. The van der Waals surface area contributed by atoms with Crippen LogP contribution >= 0.6 is 0 Å². The van der Waals surface area contributed by atoms with Crippen LogP contribution in [-0.2, 0) is 16.0 Å². The zero-order chi connectivity index (χ0) is 12.8. The highest BCUT2D eigenvalue weighted by atomic mass is 16.4. The van der Waals surface area contributed by atoms with Crippen molar-refractivity contribution >= 4 is 11.9 Å². The summed E-state index contributed by atoms with van der Waals surface area (Å²) < 4.78 is 0. The fourth-order valence-corrected chi connectivity index (χ4v) is 1.28. The van der Waals surface area contributed by atoms with E-state index in [4.69, 9.17) is 10.8 Å². The molecule has 1 rings (SSSR count). The van der Waals surface area contributed by atoms with Crippen LogP contribution in [0, 0.1) is 0 Å². The van der Waals surface area contributed by atoms with E-state index in [1.807, 2.05) is 0 Å². The molecule has 0 aliphatic carbocycles. The molecule has 2 atom stereocenters. The first-order valence-electron chi connectivity index (χ1n) is 5.30. The Bertz CT molecular complexity index is 377. The Kier molecular flexibility index (Phi) is 4.65. The summed E-state index contributed by atoms with van der Waals surface area (Å²) in [5.41, 5.74) is 6.15. The molecule has 5 N–H and O–H groups in total. The predicted molar refractivity (Wildman–Crippen MR) is 60.1 cm³/mol. The quantitative estimate of drug-likeness (QED) is 0.521. The van der Waals surface area contributed by atoms with E-state index in [1.165, 1.54) is 12.5 Å². The number of H-pyrrole nitrogens is 1. The van der Waals surface area contributed by atoms with Crippen molar-refractivity contribution in [1.29, 1.82) is 0 Å². The lowest BCUT2D eigenvalue weighted by Gasteiger charge is -2.16. The topological polar surface area (TPSA) is 121 Å². The normalized spacial score (nSPS) is 14.0. The van der Waals surface area contributed by atoms with Crippen molar-refractivity contribution in [2.75, 3.05) is 0 Å². The predicted octanol–water partition coefficient (Wildman–Crippen LogP) is -0.741. The lowest BCUT2D eigenvalue weighted by Crippen LogP contribution is -2.49. The van der Waals surface area contributed by atoms with E-state index < -0.39 is 24.0 Å². The van der Waals surface area contributed by atoms with E-state index in [1.54, 1.807) is 6.92 Å². The number of imidazole rings is 1. The molecular weight excluding hydrogens is 224 g/mol. The van der Waals surface area contributed by atoms with Gasteiger partial charge in [0.1, 0.15) is 6.04 Å². The molecule has 0 fully saturated rings. The van der Waals surface area contributed by atoms with Crippen LogP contribution in [0.15, 0.2) is 12.5 Å². The first-order valence-corrected chi connectivity index (χ1v) is 5.30. The van der Waals surface area contributed by atoms with Crippen LogP contribution in [0.4, 0.5) is 0 Å². The molecule has 17 heavy (non-hydrogen) atoms. The molecule has 1 amide bonds. The van der Waals surface area contributed by atoms with E-state index in [0.717, 1.165) is 0 Å². The molecule has 0 saturated heterocycles. The van der Waals surface area contributed by atoms with Gasteiger partial charge in [-0.05, 0) is 6.42 Å². The highest BCUT2D eigenvalue weighted by molar-refractivity contribution is 5.86. The van der Waals surface area contributed by atoms with Crippen LogP contribution in [0.2, 0.25) is 0 Å². The Morgan fingerprint density at radius 3 is 2.82 bits per heavy atom. The number of aromatic amines is 1. The second kappa shape index (κ2) is 6.00. The lowest BCUT2D eigenvalue weighted by molar-refractivity contribution is -0.142. The molecule has 0 radical (unpaired) electrons. The van der Waals surface area contributed by atoms with Gasteiger partial charge >= 0.3 is 5.97 Å². The maximum absolute atomic E-state index is 11.5. The number of carboxylic acid groups (broad SMARTS) is 1. The van der Waals surface area contributed by atoms with E-state index in [9.17, 15) is 9.59 Å². The monoisotopic (exact) mass is 240 g/mol. The number of nitrogens with one attached hydrogen (secondary N) is 2. The summed E-state index contributed by atoms with van der Waals surface area (Å²) in [7, 11) is 0. The highest BCUT2D eigenvalue weighted by Gasteiger charge is 2.23. The average Bonchev–Trinajstić information content (AvgIpc) is 2.79.